The summed E-state index contributed by atoms with van der Waals surface area (Å²) in [5.74, 6) is 0. The number of hydrogen-bond donors (Lipinski definition) is 0. The van der Waals surface area contributed by atoms with Gasteiger partial charge >= 0.3 is 0 Å². The summed E-state index contributed by atoms with van der Waals surface area (Å²) in [4.78, 5) is 0. The van der Waals surface area contributed by atoms with Crippen LogP contribution in [0.15, 0.2) is 13.6 Å². The van der Waals surface area contributed by atoms with Gasteiger partial charge in [0.15, 0.2) is 0 Å². The third-order valence-corrected chi connectivity index (χ3v) is 3.99. The van der Waals surface area contributed by atoms with Crippen molar-refractivity contribution in [2.24, 2.45) is 0 Å². The fraction of sp³-hybridized carbons (Fsp3) is 0.500. The Balaban J connectivity index is 2.62. The van der Waals surface area contributed by atoms with Crippen molar-refractivity contribution in [1.29, 1.82) is 0 Å². The lowest BCUT2D eigenvalue weighted by atomic mass is 10.2. The first-order chi connectivity index (χ1) is 5.24. The van der Waals surface area contributed by atoms with Gasteiger partial charge in [-0.1, -0.05) is 13.3 Å². The molecule has 0 radical (unpaired) electrons. The minimum absolute atomic E-state index is 1.19. The van der Waals surface area contributed by atoms with Crippen LogP contribution in [0.3, 0.4) is 0 Å². The zero-order chi connectivity index (χ0) is 8.27. The Bertz CT molecular complexity index is 230. The largest absolute Gasteiger partial charge is 0.121 e. The van der Waals surface area contributed by atoms with Crippen molar-refractivity contribution in [3.05, 3.63) is 19.2 Å². The fourth-order valence-electron chi connectivity index (χ4n) is 0.912. The third-order valence-electron chi connectivity index (χ3n) is 1.53. The van der Waals surface area contributed by atoms with Gasteiger partial charge in [0.1, 0.15) is 0 Å². The van der Waals surface area contributed by atoms with Gasteiger partial charge < -0.3 is 0 Å². The smallest absolute Gasteiger partial charge is 0.0742 e. The predicted molar refractivity (Wildman–Crippen MR) is 58.3 cm³/mol. The molecule has 0 amide bonds. The molecule has 0 nitrogen and oxygen atoms in total. The Morgan fingerprint density at radius 1 is 1.45 bits per heavy atom. The van der Waals surface area contributed by atoms with Crippen molar-refractivity contribution >= 4 is 43.2 Å². The van der Waals surface area contributed by atoms with E-state index in [0.29, 0.717) is 0 Å². The molecular weight excluding hydrogens is 288 g/mol. The molecule has 0 saturated heterocycles. The molecule has 62 valence electrons. The van der Waals surface area contributed by atoms with E-state index in [4.69, 9.17) is 0 Å². The zero-order valence-corrected chi connectivity index (χ0v) is 10.4. The molecule has 0 spiro atoms. The Kier molecular flexibility index (Phi) is 4.10. The Morgan fingerprint density at radius 2 is 2.18 bits per heavy atom. The van der Waals surface area contributed by atoms with Crippen molar-refractivity contribution in [2.75, 3.05) is 0 Å². The van der Waals surface area contributed by atoms with Crippen molar-refractivity contribution < 1.29 is 0 Å². The molecule has 0 fully saturated rings. The summed E-state index contributed by atoms with van der Waals surface area (Å²) >= 11 is 8.75. The van der Waals surface area contributed by atoms with Gasteiger partial charge in [-0.3, -0.25) is 0 Å². The van der Waals surface area contributed by atoms with E-state index in [1.165, 1.54) is 32.4 Å². The van der Waals surface area contributed by atoms with Gasteiger partial charge in [0, 0.05) is 0 Å². The van der Waals surface area contributed by atoms with E-state index in [1.807, 2.05) is 0 Å². The Hall–Kier alpha value is 0.660. The summed E-state index contributed by atoms with van der Waals surface area (Å²) in [5, 5.41) is 0. The molecule has 1 aromatic rings. The average Bonchev–Trinajstić information content (AvgIpc) is 2.26. The van der Waals surface area contributed by atoms with Crippen LogP contribution in [0.25, 0.3) is 0 Å². The molecule has 0 saturated carbocycles. The standard InChI is InChI=1S/C8H10Br2S/c1-2-3-4-6-5-7(9)11-8(6)10/h5H,2-4H2,1H3. The molecule has 0 aliphatic heterocycles. The molecule has 0 aromatic carbocycles. The Morgan fingerprint density at radius 3 is 2.64 bits per heavy atom. The SMILES string of the molecule is CCCCc1cc(Br)sc1Br. The molecule has 1 heterocycles. The highest BCUT2D eigenvalue weighted by Crippen LogP contribution is 2.32. The van der Waals surface area contributed by atoms with Crippen molar-refractivity contribution in [3.8, 4) is 0 Å². The lowest BCUT2D eigenvalue weighted by Crippen LogP contribution is -1.80. The van der Waals surface area contributed by atoms with Crippen LogP contribution >= 0.6 is 43.2 Å². The number of rotatable bonds is 3. The first kappa shape index (κ1) is 9.75. The number of aryl methyl sites for hydroxylation is 1. The summed E-state index contributed by atoms with van der Waals surface area (Å²) in [6.45, 7) is 2.22. The number of halogens is 2. The second-order valence-electron chi connectivity index (χ2n) is 2.45. The maximum Gasteiger partial charge on any atom is 0.0742 e. The van der Waals surface area contributed by atoms with Gasteiger partial charge in [0.05, 0.1) is 7.57 Å². The Labute approximate surface area is 88.3 Å². The molecule has 0 N–H and O–H groups in total. The van der Waals surface area contributed by atoms with Crippen molar-refractivity contribution in [3.63, 3.8) is 0 Å². The van der Waals surface area contributed by atoms with Crippen LogP contribution in [0.4, 0.5) is 0 Å². The summed E-state index contributed by atoms with van der Waals surface area (Å²) in [5.41, 5.74) is 1.43. The van der Waals surface area contributed by atoms with Gasteiger partial charge in [-0.05, 0) is 56.3 Å². The van der Waals surface area contributed by atoms with Gasteiger partial charge in [-0.15, -0.1) is 11.3 Å². The molecule has 0 unspecified atom stereocenters. The van der Waals surface area contributed by atoms with E-state index in [1.54, 1.807) is 11.3 Å². The fourth-order valence-corrected chi connectivity index (χ4v) is 3.83. The molecular formula is C8H10Br2S. The third kappa shape index (κ3) is 2.88. The van der Waals surface area contributed by atoms with E-state index in [0.717, 1.165) is 0 Å². The van der Waals surface area contributed by atoms with Crippen LogP contribution in [-0.2, 0) is 6.42 Å². The molecule has 1 rings (SSSR count). The topological polar surface area (TPSA) is 0 Å². The quantitative estimate of drug-likeness (QED) is 0.764. The van der Waals surface area contributed by atoms with E-state index in [9.17, 15) is 0 Å². The van der Waals surface area contributed by atoms with E-state index < -0.39 is 0 Å². The molecule has 11 heavy (non-hydrogen) atoms. The molecule has 3 heteroatoms. The van der Waals surface area contributed by atoms with Gasteiger partial charge in [0.2, 0.25) is 0 Å². The van der Waals surface area contributed by atoms with Crippen LogP contribution in [0, 0.1) is 0 Å². The molecule has 0 aliphatic carbocycles. The average molecular weight is 298 g/mol. The lowest BCUT2D eigenvalue weighted by molar-refractivity contribution is 0.795. The maximum absolute atomic E-state index is 3.54. The monoisotopic (exact) mass is 296 g/mol. The lowest BCUT2D eigenvalue weighted by Gasteiger charge is -1.94. The van der Waals surface area contributed by atoms with Crippen molar-refractivity contribution in [1.82, 2.24) is 0 Å². The van der Waals surface area contributed by atoms with Gasteiger partial charge in [-0.2, -0.15) is 0 Å². The molecule has 0 aliphatic rings. The predicted octanol–water partition coefficient (Wildman–Crippen LogP) is 4.62. The maximum atomic E-state index is 3.54. The summed E-state index contributed by atoms with van der Waals surface area (Å²) in [7, 11) is 0. The molecule has 1 aromatic heterocycles. The number of hydrogen-bond acceptors (Lipinski definition) is 1. The molecule has 0 bridgehead atoms. The number of thiophene rings is 1. The van der Waals surface area contributed by atoms with E-state index >= 15 is 0 Å². The first-order valence-corrected chi connectivity index (χ1v) is 6.08. The van der Waals surface area contributed by atoms with Crippen LogP contribution in [0.5, 0.6) is 0 Å². The van der Waals surface area contributed by atoms with E-state index in [2.05, 4.69) is 44.8 Å². The minimum atomic E-state index is 1.19. The second kappa shape index (κ2) is 4.63. The second-order valence-corrected chi connectivity index (χ2v) is 6.20. The number of unbranched alkanes of at least 4 members (excludes halogenated alkanes) is 1. The highest BCUT2D eigenvalue weighted by atomic mass is 79.9. The highest BCUT2D eigenvalue weighted by Gasteiger charge is 2.03. The minimum Gasteiger partial charge on any atom is -0.121 e. The van der Waals surface area contributed by atoms with Crippen LogP contribution in [-0.4, -0.2) is 0 Å². The van der Waals surface area contributed by atoms with Crippen LogP contribution in [0.2, 0.25) is 0 Å². The van der Waals surface area contributed by atoms with Crippen LogP contribution in [0.1, 0.15) is 25.3 Å². The van der Waals surface area contributed by atoms with E-state index in [-0.39, 0.29) is 0 Å². The zero-order valence-electron chi connectivity index (χ0n) is 6.36. The molecule has 0 atom stereocenters. The van der Waals surface area contributed by atoms with Gasteiger partial charge in [0.25, 0.3) is 0 Å². The summed E-state index contributed by atoms with van der Waals surface area (Å²) in [6.07, 6.45) is 3.74. The van der Waals surface area contributed by atoms with Gasteiger partial charge in [-0.25, -0.2) is 0 Å². The highest BCUT2D eigenvalue weighted by molar-refractivity contribution is 9.12. The van der Waals surface area contributed by atoms with Crippen molar-refractivity contribution in [2.45, 2.75) is 26.2 Å². The normalized spacial score (nSPS) is 10.5. The van der Waals surface area contributed by atoms with Crippen LogP contribution < -0.4 is 0 Å². The summed E-state index contributed by atoms with van der Waals surface area (Å²) < 4.78 is 2.49. The summed E-state index contributed by atoms with van der Waals surface area (Å²) in [6, 6.07) is 2.20. The first-order valence-electron chi connectivity index (χ1n) is 3.67.